The van der Waals surface area contributed by atoms with Gasteiger partial charge < -0.3 is 5.73 Å². The molecule has 0 bridgehead atoms. The molecule has 0 radical (unpaired) electrons. The van der Waals surface area contributed by atoms with Crippen molar-refractivity contribution in [2.75, 3.05) is 7.05 Å². The van der Waals surface area contributed by atoms with Crippen molar-refractivity contribution in [1.82, 2.24) is 24.5 Å². The Hall–Kier alpha value is -1.84. The number of hydrogen-bond acceptors (Lipinski definition) is 6. The first-order chi connectivity index (χ1) is 9.04. The van der Waals surface area contributed by atoms with E-state index in [-0.39, 0.29) is 18.0 Å². The van der Waals surface area contributed by atoms with Crippen LogP contribution >= 0.6 is 0 Å². The molecule has 9 heteroatoms. The summed E-state index contributed by atoms with van der Waals surface area (Å²) in [4.78, 5) is 7.98. The molecule has 0 atom stereocenters. The van der Waals surface area contributed by atoms with Gasteiger partial charge in [0.05, 0.1) is 12.2 Å². The molecule has 8 nitrogen and oxygen atoms in total. The molecule has 2 aromatic rings. The first-order valence-corrected chi connectivity index (χ1v) is 6.93. The Labute approximate surface area is 110 Å². The number of H-pyrrole nitrogens is 1. The van der Waals surface area contributed by atoms with Gasteiger partial charge in [-0.15, -0.1) is 0 Å². The molecule has 102 valence electrons. The minimum absolute atomic E-state index is 0.112. The average Bonchev–Trinajstić information content (AvgIpc) is 2.91. The van der Waals surface area contributed by atoms with Gasteiger partial charge in [-0.1, -0.05) is 0 Å². The van der Waals surface area contributed by atoms with E-state index in [0.717, 1.165) is 0 Å². The molecular formula is C10H14N6O2S. The zero-order valence-electron chi connectivity index (χ0n) is 10.3. The summed E-state index contributed by atoms with van der Waals surface area (Å²) in [5.74, 6) is 0.470. The second kappa shape index (κ2) is 5.43. The van der Waals surface area contributed by atoms with E-state index in [1.807, 2.05) is 0 Å². The molecule has 0 saturated heterocycles. The van der Waals surface area contributed by atoms with E-state index in [9.17, 15) is 8.42 Å². The van der Waals surface area contributed by atoms with Crippen molar-refractivity contribution < 1.29 is 8.42 Å². The molecule has 3 N–H and O–H groups in total. The van der Waals surface area contributed by atoms with Crippen molar-refractivity contribution in [2.24, 2.45) is 5.73 Å². The van der Waals surface area contributed by atoms with Crippen LogP contribution in [0.3, 0.4) is 0 Å². The molecule has 0 aliphatic carbocycles. The number of pyridine rings is 1. The van der Waals surface area contributed by atoms with Crippen LogP contribution in [-0.4, -0.2) is 39.9 Å². The molecule has 0 saturated carbocycles. The molecule has 19 heavy (non-hydrogen) atoms. The van der Waals surface area contributed by atoms with E-state index >= 15 is 0 Å². The van der Waals surface area contributed by atoms with Gasteiger partial charge >= 0.3 is 0 Å². The second-order valence-electron chi connectivity index (χ2n) is 3.88. The van der Waals surface area contributed by atoms with Crippen molar-refractivity contribution >= 4 is 10.0 Å². The number of nitrogens with one attached hydrogen (secondary N) is 1. The summed E-state index contributed by atoms with van der Waals surface area (Å²) in [6.07, 6.45) is 2.63. The lowest BCUT2D eigenvalue weighted by molar-refractivity contribution is 0.457. The van der Waals surface area contributed by atoms with Crippen LogP contribution in [-0.2, 0) is 23.1 Å². The smallest absolute Gasteiger partial charge is 0.244 e. The van der Waals surface area contributed by atoms with E-state index in [1.165, 1.54) is 29.9 Å². The number of hydrogen-bond donors (Lipinski definition) is 2. The van der Waals surface area contributed by atoms with Gasteiger partial charge in [0.2, 0.25) is 10.0 Å². The van der Waals surface area contributed by atoms with E-state index < -0.39 is 10.0 Å². The molecule has 0 aromatic carbocycles. The number of rotatable bonds is 5. The van der Waals surface area contributed by atoms with Gasteiger partial charge in [-0.25, -0.2) is 13.4 Å². The van der Waals surface area contributed by atoms with E-state index in [0.29, 0.717) is 11.5 Å². The van der Waals surface area contributed by atoms with Crippen LogP contribution in [0.4, 0.5) is 0 Å². The van der Waals surface area contributed by atoms with E-state index in [4.69, 9.17) is 5.73 Å². The summed E-state index contributed by atoms with van der Waals surface area (Å²) in [5, 5.41) is 6.28. The Morgan fingerprint density at radius 2 is 2.16 bits per heavy atom. The topological polar surface area (TPSA) is 118 Å². The Morgan fingerprint density at radius 3 is 2.68 bits per heavy atom. The van der Waals surface area contributed by atoms with Crippen molar-refractivity contribution in [3.05, 3.63) is 36.2 Å². The third-order valence-corrected chi connectivity index (χ3v) is 4.34. The van der Waals surface area contributed by atoms with Crippen molar-refractivity contribution in [2.45, 2.75) is 18.0 Å². The van der Waals surface area contributed by atoms with Gasteiger partial charge in [0.25, 0.3) is 0 Å². The highest BCUT2D eigenvalue weighted by molar-refractivity contribution is 7.89. The predicted octanol–water partition coefficient (Wildman–Crippen LogP) is -0.521. The van der Waals surface area contributed by atoms with E-state index in [2.05, 4.69) is 20.2 Å². The maximum absolute atomic E-state index is 12.3. The molecule has 2 heterocycles. The third kappa shape index (κ3) is 2.95. The van der Waals surface area contributed by atoms with E-state index in [1.54, 1.807) is 6.07 Å². The van der Waals surface area contributed by atoms with Crippen molar-refractivity contribution in [3.63, 3.8) is 0 Å². The highest BCUT2D eigenvalue weighted by Gasteiger charge is 2.22. The largest absolute Gasteiger partial charge is 0.325 e. The second-order valence-corrected chi connectivity index (χ2v) is 5.93. The van der Waals surface area contributed by atoms with Crippen LogP contribution in [0.5, 0.6) is 0 Å². The predicted molar refractivity (Wildman–Crippen MR) is 67.2 cm³/mol. The highest BCUT2D eigenvalue weighted by Crippen LogP contribution is 2.14. The Bertz CT molecular complexity index is 623. The summed E-state index contributed by atoms with van der Waals surface area (Å²) in [7, 11) is -2.13. The lowest BCUT2D eigenvalue weighted by Gasteiger charge is -2.15. The zero-order chi connectivity index (χ0) is 13.9. The lowest BCUT2D eigenvalue weighted by Crippen LogP contribution is -2.27. The SMILES string of the molecule is CN(Cc1ncn[nH]1)S(=O)(=O)c1ccc(CN)nc1. The van der Waals surface area contributed by atoms with Gasteiger partial charge in [-0.3, -0.25) is 10.1 Å². The fourth-order valence-electron chi connectivity index (χ4n) is 1.47. The minimum atomic E-state index is -3.60. The molecule has 0 fully saturated rings. The van der Waals surface area contributed by atoms with Crippen molar-refractivity contribution in [1.29, 1.82) is 0 Å². The molecule has 2 aromatic heterocycles. The summed E-state index contributed by atoms with van der Waals surface area (Å²) >= 11 is 0. The van der Waals surface area contributed by atoms with Crippen LogP contribution in [0.15, 0.2) is 29.6 Å². The fourth-order valence-corrected chi connectivity index (χ4v) is 2.55. The maximum Gasteiger partial charge on any atom is 0.244 e. The van der Waals surface area contributed by atoms with Crippen LogP contribution in [0.1, 0.15) is 11.5 Å². The Balaban J connectivity index is 2.20. The number of nitrogens with two attached hydrogens (primary N) is 1. The Kier molecular flexibility index (Phi) is 3.88. The van der Waals surface area contributed by atoms with Gasteiger partial charge in [0, 0.05) is 19.8 Å². The molecular weight excluding hydrogens is 268 g/mol. The quantitative estimate of drug-likeness (QED) is 0.761. The van der Waals surface area contributed by atoms with Crippen LogP contribution in [0, 0.1) is 0 Å². The van der Waals surface area contributed by atoms with Gasteiger partial charge in [-0.05, 0) is 12.1 Å². The summed E-state index contributed by atoms with van der Waals surface area (Å²) < 4.78 is 25.7. The number of aromatic nitrogens is 4. The van der Waals surface area contributed by atoms with Crippen molar-refractivity contribution in [3.8, 4) is 0 Å². The van der Waals surface area contributed by atoms with Gasteiger partial charge in [0.15, 0.2) is 0 Å². The van der Waals surface area contributed by atoms with Crippen LogP contribution in [0.2, 0.25) is 0 Å². The molecule has 0 aliphatic rings. The Morgan fingerprint density at radius 1 is 1.37 bits per heavy atom. The number of aromatic amines is 1. The highest BCUT2D eigenvalue weighted by atomic mass is 32.2. The molecule has 2 rings (SSSR count). The standard InChI is InChI=1S/C10H14N6O2S/c1-16(6-10-13-7-14-15-10)19(17,18)9-3-2-8(4-11)12-5-9/h2-3,5,7H,4,6,11H2,1H3,(H,13,14,15). The lowest BCUT2D eigenvalue weighted by atomic mass is 10.4. The first kappa shape index (κ1) is 13.6. The molecule has 0 amide bonds. The van der Waals surface area contributed by atoms with Gasteiger partial charge in [-0.2, -0.15) is 9.40 Å². The minimum Gasteiger partial charge on any atom is -0.325 e. The number of sulfonamides is 1. The zero-order valence-corrected chi connectivity index (χ0v) is 11.1. The molecule has 0 unspecified atom stereocenters. The van der Waals surface area contributed by atoms with Crippen LogP contribution in [0.25, 0.3) is 0 Å². The van der Waals surface area contributed by atoms with Gasteiger partial charge in [0.1, 0.15) is 17.0 Å². The first-order valence-electron chi connectivity index (χ1n) is 5.49. The maximum atomic E-state index is 12.3. The summed E-state index contributed by atoms with van der Waals surface area (Å²) in [6.45, 7) is 0.384. The summed E-state index contributed by atoms with van der Waals surface area (Å²) in [5.41, 5.74) is 6.05. The summed E-state index contributed by atoms with van der Waals surface area (Å²) in [6, 6.07) is 3.08. The molecule has 0 aliphatic heterocycles. The molecule has 0 spiro atoms. The fraction of sp³-hybridized carbons (Fsp3) is 0.300. The van der Waals surface area contributed by atoms with Crippen LogP contribution < -0.4 is 5.73 Å². The average molecular weight is 282 g/mol. The normalized spacial score (nSPS) is 11.9. The number of nitrogens with zero attached hydrogens (tertiary/aromatic N) is 4. The monoisotopic (exact) mass is 282 g/mol. The third-order valence-electron chi connectivity index (χ3n) is 2.55.